The van der Waals surface area contributed by atoms with Gasteiger partial charge in [0, 0.05) is 12.3 Å². The normalized spacial score (nSPS) is 10.6. The highest BCUT2D eigenvalue weighted by atomic mass is 79.9. The first kappa shape index (κ1) is 8.37. The molecule has 0 aliphatic carbocycles. The summed E-state index contributed by atoms with van der Waals surface area (Å²) >= 11 is 3.29. The van der Waals surface area contributed by atoms with Crippen LogP contribution < -0.4 is 0 Å². The molecule has 0 bridgehead atoms. The van der Waals surface area contributed by atoms with Gasteiger partial charge in [0.2, 0.25) is 0 Å². The maximum Gasteiger partial charge on any atom is 0.178 e. The van der Waals surface area contributed by atoms with Crippen LogP contribution in [0.4, 0.5) is 0 Å². The van der Waals surface area contributed by atoms with Gasteiger partial charge in [-0.25, -0.2) is 0 Å². The van der Waals surface area contributed by atoms with Crippen LogP contribution in [0.15, 0.2) is 16.9 Å². The van der Waals surface area contributed by atoms with Crippen molar-refractivity contribution in [3.8, 4) is 0 Å². The smallest absolute Gasteiger partial charge is 0.178 e. The minimum atomic E-state index is -0.0463. The summed E-state index contributed by atoms with van der Waals surface area (Å²) in [5.74, 6) is -0.0463. The third kappa shape index (κ3) is 1.35. The monoisotopic (exact) mass is 239 g/mol. The van der Waals surface area contributed by atoms with Crippen molar-refractivity contribution in [1.29, 1.82) is 0 Å². The van der Waals surface area contributed by atoms with Gasteiger partial charge in [0.25, 0.3) is 0 Å². The zero-order valence-corrected chi connectivity index (χ0v) is 8.42. The zero-order chi connectivity index (χ0) is 9.42. The molecule has 0 unspecified atom stereocenters. The molecule has 13 heavy (non-hydrogen) atoms. The highest BCUT2D eigenvalue weighted by Gasteiger charge is 2.06. The summed E-state index contributed by atoms with van der Waals surface area (Å²) in [6, 6.07) is 1.71. The van der Waals surface area contributed by atoms with Crippen molar-refractivity contribution in [3.05, 3.63) is 22.6 Å². The van der Waals surface area contributed by atoms with Gasteiger partial charge in [-0.15, -0.1) is 0 Å². The van der Waals surface area contributed by atoms with Gasteiger partial charge in [0.1, 0.15) is 15.8 Å². The number of pyridine rings is 1. The van der Waals surface area contributed by atoms with Crippen LogP contribution in [0.25, 0.3) is 10.9 Å². The molecule has 0 saturated carbocycles. The molecule has 1 N–H and O–H groups in total. The number of hydrogen-bond donors (Lipinski definition) is 1. The molecule has 0 fully saturated rings. The van der Waals surface area contributed by atoms with E-state index in [9.17, 15) is 4.79 Å². The lowest BCUT2D eigenvalue weighted by Crippen LogP contribution is -1.94. The Hall–Kier alpha value is -1.23. The molecule has 2 aromatic heterocycles. The minimum absolute atomic E-state index is 0.0463. The lowest BCUT2D eigenvalue weighted by Gasteiger charge is -1.93. The number of aromatic amines is 1. The van der Waals surface area contributed by atoms with E-state index in [2.05, 4.69) is 31.1 Å². The number of ketones is 1. The second-order valence-electron chi connectivity index (χ2n) is 2.68. The van der Waals surface area contributed by atoms with E-state index in [0.717, 1.165) is 15.5 Å². The average molecular weight is 240 g/mol. The molecule has 2 heterocycles. The molecule has 0 atom stereocenters. The summed E-state index contributed by atoms with van der Waals surface area (Å²) in [6.45, 7) is 1.49. The molecule has 0 aliphatic rings. The van der Waals surface area contributed by atoms with Crippen molar-refractivity contribution >= 4 is 32.6 Å². The number of nitrogens with one attached hydrogen (secondary N) is 1. The highest BCUT2D eigenvalue weighted by molar-refractivity contribution is 9.10. The molecular weight excluding hydrogens is 234 g/mol. The van der Waals surface area contributed by atoms with Crippen molar-refractivity contribution in [2.24, 2.45) is 0 Å². The van der Waals surface area contributed by atoms with Crippen LogP contribution in [0.2, 0.25) is 0 Å². The lowest BCUT2D eigenvalue weighted by molar-refractivity contribution is 0.101. The minimum Gasteiger partial charge on any atom is -0.293 e. The fraction of sp³-hybridized carbons (Fsp3) is 0.125. The van der Waals surface area contributed by atoms with Crippen LogP contribution in [-0.2, 0) is 0 Å². The fourth-order valence-electron chi connectivity index (χ4n) is 1.08. The van der Waals surface area contributed by atoms with Gasteiger partial charge in [-0.05, 0) is 22.0 Å². The van der Waals surface area contributed by atoms with E-state index in [-0.39, 0.29) is 5.78 Å². The summed E-state index contributed by atoms with van der Waals surface area (Å²) in [5.41, 5.74) is 1.20. The molecule has 5 heteroatoms. The Morgan fingerprint density at radius 2 is 2.38 bits per heavy atom. The predicted molar refractivity (Wildman–Crippen MR) is 51.6 cm³/mol. The largest absolute Gasteiger partial charge is 0.293 e. The average Bonchev–Trinajstić information content (AvgIpc) is 2.47. The van der Waals surface area contributed by atoms with Gasteiger partial charge in [-0.1, -0.05) is 0 Å². The Morgan fingerprint density at radius 3 is 3.08 bits per heavy atom. The molecule has 2 rings (SSSR count). The summed E-state index contributed by atoms with van der Waals surface area (Å²) in [7, 11) is 0. The Bertz CT molecular complexity index is 477. The molecule has 0 radical (unpaired) electrons. The summed E-state index contributed by atoms with van der Waals surface area (Å²) in [6.07, 6.45) is 1.58. The highest BCUT2D eigenvalue weighted by Crippen LogP contribution is 2.20. The Labute approximate surface area is 82.5 Å². The Balaban J connectivity index is 2.72. The van der Waals surface area contributed by atoms with E-state index in [1.54, 1.807) is 12.3 Å². The van der Waals surface area contributed by atoms with Crippen molar-refractivity contribution in [1.82, 2.24) is 15.2 Å². The Morgan fingerprint density at radius 1 is 1.62 bits per heavy atom. The van der Waals surface area contributed by atoms with Gasteiger partial charge in [-0.3, -0.25) is 14.9 Å². The van der Waals surface area contributed by atoms with Gasteiger partial charge >= 0.3 is 0 Å². The van der Waals surface area contributed by atoms with Crippen LogP contribution >= 0.6 is 15.9 Å². The topological polar surface area (TPSA) is 58.6 Å². The molecule has 0 amide bonds. The van der Waals surface area contributed by atoms with E-state index in [1.807, 2.05) is 0 Å². The van der Waals surface area contributed by atoms with Crippen molar-refractivity contribution in [2.75, 3.05) is 0 Å². The van der Waals surface area contributed by atoms with E-state index in [1.165, 1.54) is 6.92 Å². The van der Waals surface area contributed by atoms with Gasteiger partial charge in [0.05, 0.1) is 6.20 Å². The van der Waals surface area contributed by atoms with Crippen molar-refractivity contribution in [2.45, 2.75) is 6.92 Å². The summed E-state index contributed by atoms with van der Waals surface area (Å²) in [4.78, 5) is 15.0. The molecule has 0 aromatic carbocycles. The second kappa shape index (κ2) is 2.92. The lowest BCUT2D eigenvalue weighted by atomic mass is 10.2. The first-order valence-electron chi connectivity index (χ1n) is 3.69. The molecule has 0 spiro atoms. The van der Waals surface area contributed by atoms with Crippen molar-refractivity contribution in [3.63, 3.8) is 0 Å². The molecule has 4 nitrogen and oxygen atoms in total. The molecular formula is C8H6BrN3O. The Kier molecular flexibility index (Phi) is 1.88. The standard InChI is InChI=1S/C8H6BrN3O/c1-4(13)6-2-5-7(3-10-6)11-12-8(5)9/h2-3H,1H3,(H,11,12). The number of H-pyrrole nitrogens is 1. The fourth-order valence-corrected chi connectivity index (χ4v) is 1.48. The second-order valence-corrected chi connectivity index (χ2v) is 3.47. The third-order valence-electron chi connectivity index (χ3n) is 1.75. The molecule has 0 aliphatic heterocycles. The van der Waals surface area contributed by atoms with Crippen LogP contribution in [0.5, 0.6) is 0 Å². The van der Waals surface area contributed by atoms with E-state index in [0.29, 0.717) is 5.69 Å². The van der Waals surface area contributed by atoms with Crippen LogP contribution in [-0.4, -0.2) is 21.0 Å². The van der Waals surface area contributed by atoms with E-state index in [4.69, 9.17) is 0 Å². The number of carbonyl (C=O) groups excluding carboxylic acids is 1. The van der Waals surface area contributed by atoms with Crippen LogP contribution in [0.1, 0.15) is 17.4 Å². The first-order valence-corrected chi connectivity index (χ1v) is 4.48. The maximum atomic E-state index is 11.0. The summed E-state index contributed by atoms with van der Waals surface area (Å²) < 4.78 is 0.771. The number of halogens is 1. The van der Waals surface area contributed by atoms with Crippen LogP contribution in [0, 0.1) is 0 Å². The summed E-state index contributed by atoms with van der Waals surface area (Å²) in [5, 5.41) is 7.61. The number of carbonyl (C=O) groups is 1. The third-order valence-corrected chi connectivity index (χ3v) is 2.36. The molecule has 0 saturated heterocycles. The number of Topliss-reactive ketones (excluding diaryl/α,β-unsaturated/α-hetero) is 1. The number of nitrogens with zero attached hydrogens (tertiary/aromatic N) is 2. The SMILES string of the molecule is CC(=O)c1cc2c(Br)[nH]nc2cn1. The number of rotatable bonds is 1. The van der Waals surface area contributed by atoms with E-state index < -0.39 is 0 Å². The van der Waals surface area contributed by atoms with Gasteiger partial charge in [0.15, 0.2) is 5.78 Å². The van der Waals surface area contributed by atoms with Gasteiger partial charge in [-0.2, -0.15) is 5.10 Å². The maximum absolute atomic E-state index is 11.0. The molecule has 2 aromatic rings. The zero-order valence-electron chi connectivity index (χ0n) is 6.84. The number of hydrogen-bond acceptors (Lipinski definition) is 3. The predicted octanol–water partition coefficient (Wildman–Crippen LogP) is 1.92. The molecule has 66 valence electrons. The number of fused-ring (bicyclic) bond motifs is 1. The first-order chi connectivity index (χ1) is 6.18. The van der Waals surface area contributed by atoms with Crippen LogP contribution in [0.3, 0.4) is 0 Å². The quantitative estimate of drug-likeness (QED) is 0.774. The van der Waals surface area contributed by atoms with E-state index >= 15 is 0 Å². The number of aromatic nitrogens is 3. The van der Waals surface area contributed by atoms with Crippen molar-refractivity contribution < 1.29 is 4.79 Å². The van der Waals surface area contributed by atoms with Gasteiger partial charge < -0.3 is 0 Å².